The first kappa shape index (κ1) is 31.2. The number of hydrogen-bond donors (Lipinski definition) is 1. The van der Waals surface area contributed by atoms with E-state index in [4.69, 9.17) is 9.98 Å². The second kappa shape index (κ2) is 14.2. The van der Waals surface area contributed by atoms with Crippen LogP contribution >= 0.6 is 0 Å². The first-order valence-electron chi connectivity index (χ1n) is 17.4. The Hall–Kier alpha value is -6.13. The fourth-order valence-electron chi connectivity index (χ4n) is 6.97. The molecule has 1 aliphatic heterocycles. The zero-order valence-electron chi connectivity index (χ0n) is 28.0. The van der Waals surface area contributed by atoms with Gasteiger partial charge in [0.1, 0.15) is 12.0 Å². The number of amidine groups is 2. The Morgan fingerprint density at radius 2 is 1.68 bits per heavy atom. The maximum Gasteiger partial charge on any atom is 0.159 e. The van der Waals surface area contributed by atoms with Crippen molar-refractivity contribution in [3.8, 4) is 11.1 Å². The third-order valence-corrected chi connectivity index (χ3v) is 9.50. The van der Waals surface area contributed by atoms with Crippen LogP contribution in [0.3, 0.4) is 0 Å². The van der Waals surface area contributed by atoms with Crippen molar-refractivity contribution in [1.82, 2.24) is 10.3 Å². The number of fused-ring (bicyclic) bond motifs is 2. The molecular weight excluding hydrogens is 609 g/mol. The van der Waals surface area contributed by atoms with E-state index in [9.17, 15) is 0 Å². The van der Waals surface area contributed by atoms with Gasteiger partial charge < -0.3 is 5.32 Å². The lowest BCUT2D eigenvalue weighted by Gasteiger charge is -2.25. The molecule has 50 heavy (non-hydrogen) atoms. The molecule has 1 aromatic heterocycles. The van der Waals surface area contributed by atoms with E-state index in [0.29, 0.717) is 0 Å². The number of rotatable bonds is 8. The topological polar surface area (TPSA) is 49.6 Å². The Balaban J connectivity index is 1.23. The van der Waals surface area contributed by atoms with Crippen LogP contribution in [0.25, 0.3) is 39.6 Å². The van der Waals surface area contributed by atoms with Gasteiger partial charge in [0.2, 0.25) is 0 Å². The first-order valence-corrected chi connectivity index (χ1v) is 17.4. The van der Waals surface area contributed by atoms with Crippen LogP contribution in [-0.2, 0) is 6.42 Å². The lowest BCUT2D eigenvalue weighted by atomic mass is 9.88. The van der Waals surface area contributed by atoms with Gasteiger partial charge in [-0.25, -0.2) is 9.98 Å². The summed E-state index contributed by atoms with van der Waals surface area (Å²) in [4.78, 5) is 14.6. The van der Waals surface area contributed by atoms with Crippen molar-refractivity contribution in [2.24, 2.45) is 9.98 Å². The van der Waals surface area contributed by atoms with Crippen molar-refractivity contribution in [3.63, 3.8) is 0 Å². The van der Waals surface area contributed by atoms with E-state index in [0.717, 1.165) is 76.3 Å². The number of nitrogens with zero attached hydrogens (tertiary/aromatic N) is 3. The Morgan fingerprint density at radius 3 is 2.52 bits per heavy atom. The molecule has 0 saturated heterocycles. The van der Waals surface area contributed by atoms with Gasteiger partial charge in [0, 0.05) is 29.1 Å². The Morgan fingerprint density at radius 1 is 0.820 bits per heavy atom. The van der Waals surface area contributed by atoms with E-state index in [-0.39, 0.29) is 6.17 Å². The highest BCUT2D eigenvalue weighted by atomic mass is 15.2. The third-order valence-electron chi connectivity index (χ3n) is 9.50. The average Bonchev–Trinajstić information content (AvgIpc) is 3.20. The molecule has 1 N–H and O–H groups in total. The smallest absolute Gasteiger partial charge is 0.159 e. The largest absolute Gasteiger partial charge is 0.344 e. The van der Waals surface area contributed by atoms with Crippen LogP contribution < -0.4 is 5.32 Å². The highest BCUT2D eigenvalue weighted by Crippen LogP contribution is 2.33. The van der Waals surface area contributed by atoms with Gasteiger partial charge in [-0.2, -0.15) is 0 Å². The summed E-state index contributed by atoms with van der Waals surface area (Å²) < 4.78 is 0. The molecule has 0 radical (unpaired) electrons. The molecule has 0 spiro atoms. The first-order chi connectivity index (χ1) is 24.7. The summed E-state index contributed by atoms with van der Waals surface area (Å²) in [6.07, 6.45) is 27.2. The lowest BCUT2D eigenvalue weighted by molar-refractivity contribution is 0.674. The summed E-state index contributed by atoms with van der Waals surface area (Å²) in [5.41, 5.74) is 11.3. The molecule has 4 aromatic carbocycles. The maximum atomic E-state index is 5.14. The molecule has 242 valence electrons. The predicted octanol–water partition coefficient (Wildman–Crippen LogP) is 10.9. The summed E-state index contributed by atoms with van der Waals surface area (Å²) >= 11 is 0. The van der Waals surface area contributed by atoms with Crippen molar-refractivity contribution in [2.45, 2.75) is 31.8 Å². The van der Waals surface area contributed by atoms with Gasteiger partial charge in [0.25, 0.3) is 0 Å². The van der Waals surface area contributed by atoms with Crippen molar-refractivity contribution in [2.75, 3.05) is 0 Å². The van der Waals surface area contributed by atoms with Gasteiger partial charge in [-0.15, -0.1) is 0 Å². The van der Waals surface area contributed by atoms with Crippen molar-refractivity contribution in [1.29, 1.82) is 0 Å². The molecule has 3 aliphatic rings. The minimum Gasteiger partial charge on any atom is -0.344 e. The van der Waals surface area contributed by atoms with Crippen LogP contribution in [-0.4, -0.2) is 16.7 Å². The lowest BCUT2D eigenvalue weighted by Crippen LogP contribution is -2.33. The monoisotopic (exact) mass is 646 g/mol. The second-order valence-electron chi connectivity index (χ2n) is 12.8. The molecule has 5 aromatic rings. The van der Waals surface area contributed by atoms with E-state index < -0.39 is 0 Å². The molecule has 2 aliphatic carbocycles. The average molecular weight is 647 g/mol. The minimum absolute atomic E-state index is 0.265. The quantitative estimate of drug-likeness (QED) is 0.171. The van der Waals surface area contributed by atoms with Gasteiger partial charge in [-0.3, -0.25) is 4.98 Å². The van der Waals surface area contributed by atoms with Crippen LogP contribution in [0.15, 0.2) is 168 Å². The number of nitrogens with one attached hydrogen (secondary N) is 1. The highest BCUT2D eigenvalue weighted by molar-refractivity contribution is 6.14. The SMILES string of the molecule is C=C/C(=C\C=C\c1c2c(cc3ccccc13)C=CCC2)c1cc(C2=NC(C3=CCCC=C3)=NC(c3ccccc3)N2)cc(-c2cccnc2)c1. The summed E-state index contributed by atoms with van der Waals surface area (Å²) in [6.45, 7) is 4.25. The third kappa shape index (κ3) is 6.48. The second-order valence-corrected chi connectivity index (χ2v) is 12.8. The van der Waals surface area contributed by atoms with E-state index >= 15 is 0 Å². The zero-order chi connectivity index (χ0) is 33.7. The Labute approximate surface area is 294 Å². The predicted molar refractivity (Wildman–Crippen MR) is 211 cm³/mol. The van der Waals surface area contributed by atoms with Crippen LogP contribution in [0.1, 0.15) is 58.8 Å². The van der Waals surface area contributed by atoms with Gasteiger partial charge in [0.05, 0.1) is 0 Å². The van der Waals surface area contributed by atoms with Gasteiger partial charge in [0.15, 0.2) is 5.84 Å². The number of aromatic nitrogens is 1. The van der Waals surface area contributed by atoms with Crippen LogP contribution in [0.4, 0.5) is 0 Å². The molecule has 0 saturated carbocycles. The van der Waals surface area contributed by atoms with Crippen LogP contribution in [0, 0.1) is 0 Å². The van der Waals surface area contributed by atoms with E-state index in [2.05, 4.69) is 144 Å². The molecule has 0 amide bonds. The Bertz CT molecular complexity index is 2300. The fraction of sp³-hybridized carbons (Fsp3) is 0.109. The molecule has 8 rings (SSSR count). The van der Waals surface area contributed by atoms with Gasteiger partial charge in [-0.05, 0) is 106 Å². The van der Waals surface area contributed by atoms with E-state index in [1.807, 2.05) is 24.4 Å². The molecule has 1 atom stereocenters. The summed E-state index contributed by atoms with van der Waals surface area (Å²) in [6, 6.07) is 32.0. The number of benzene rings is 4. The fourth-order valence-corrected chi connectivity index (χ4v) is 6.97. The van der Waals surface area contributed by atoms with Crippen LogP contribution in [0.5, 0.6) is 0 Å². The number of hydrogen-bond acceptors (Lipinski definition) is 4. The Kier molecular flexibility index (Phi) is 8.82. The minimum atomic E-state index is -0.265. The number of pyridine rings is 1. The molecular formula is C46H38N4. The standard InChI is InChI=1S/C46H38N4/c1-2-32(21-13-25-43-41-23-11-9-19-35(41)27-36-20-10-12-24-42(36)43)38-28-39(37-22-14-26-47-31-37)30-40(29-38)46-49-44(33-15-5-3-6-16-33)48-45(50-46)34-17-7-4-8-18-34/h2-3,5-7,9-11,13-23,25-31,44H,1,4,8,12,24H2,(H,48,49,50)/b25-13+,32-21+. The normalized spacial score (nSPS) is 17.2. The van der Waals surface area contributed by atoms with Crippen molar-refractivity contribution in [3.05, 3.63) is 191 Å². The van der Waals surface area contributed by atoms with Crippen molar-refractivity contribution >= 4 is 40.2 Å². The van der Waals surface area contributed by atoms with Gasteiger partial charge >= 0.3 is 0 Å². The molecule has 1 unspecified atom stereocenters. The van der Waals surface area contributed by atoms with Crippen molar-refractivity contribution < 1.29 is 0 Å². The molecule has 4 nitrogen and oxygen atoms in total. The molecule has 4 heteroatoms. The summed E-state index contributed by atoms with van der Waals surface area (Å²) in [7, 11) is 0. The molecule has 0 fully saturated rings. The summed E-state index contributed by atoms with van der Waals surface area (Å²) in [5.74, 6) is 1.53. The van der Waals surface area contributed by atoms with Crippen LogP contribution in [0.2, 0.25) is 0 Å². The highest BCUT2D eigenvalue weighted by Gasteiger charge is 2.23. The van der Waals surface area contributed by atoms with Gasteiger partial charge in [-0.1, -0.05) is 122 Å². The number of aliphatic imine (C=N–C) groups is 2. The molecule has 0 bridgehead atoms. The van der Waals surface area contributed by atoms with E-state index in [1.165, 1.54) is 27.5 Å². The molecule has 2 heterocycles. The number of allylic oxidation sites excluding steroid dienone is 7. The van der Waals surface area contributed by atoms with E-state index in [1.54, 1.807) is 6.20 Å². The maximum absolute atomic E-state index is 5.14. The zero-order valence-corrected chi connectivity index (χ0v) is 28.0. The summed E-state index contributed by atoms with van der Waals surface area (Å²) in [5, 5.41) is 6.20.